The van der Waals surface area contributed by atoms with Crippen LogP contribution in [0.3, 0.4) is 0 Å². The van der Waals surface area contributed by atoms with E-state index in [1.807, 2.05) is 13.8 Å². The summed E-state index contributed by atoms with van der Waals surface area (Å²) in [5.41, 5.74) is 0. The molecule has 1 heterocycles. The topological polar surface area (TPSA) is 55.4 Å². The fourth-order valence-corrected chi connectivity index (χ4v) is 2.78. The summed E-state index contributed by atoms with van der Waals surface area (Å²) in [5.74, 6) is -0.362. The van der Waals surface area contributed by atoms with Crippen LogP contribution in [0.4, 0.5) is 0 Å². The van der Waals surface area contributed by atoms with E-state index in [2.05, 4.69) is 21.2 Å². The number of amides is 1. The second-order valence-corrected chi connectivity index (χ2v) is 6.75. The zero-order valence-electron chi connectivity index (χ0n) is 10.5. The Bertz CT molecular complexity index is 431. The first-order valence-corrected chi connectivity index (χ1v) is 7.19. The van der Waals surface area contributed by atoms with E-state index in [1.54, 1.807) is 12.1 Å². The van der Waals surface area contributed by atoms with Gasteiger partial charge in [0, 0.05) is 0 Å². The molecule has 0 aliphatic rings. The fourth-order valence-electron chi connectivity index (χ4n) is 1.49. The van der Waals surface area contributed by atoms with Crippen LogP contribution in [0.1, 0.15) is 29.9 Å². The number of halogens is 1. The van der Waals surface area contributed by atoms with E-state index in [1.165, 1.54) is 18.4 Å². The monoisotopic (exact) mass is 333 g/mol. The molecule has 1 aromatic heterocycles. The van der Waals surface area contributed by atoms with Crippen LogP contribution < -0.4 is 5.32 Å². The van der Waals surface area contributed by atoms with Gasteiger partial charge in [-0.2, -0.15) is 0 Å². The van der Waals surface area contributed by atoms with Gasteiger partial charge in [0.15, 0.2) is 0 Å². The summed E-state index contributed by atoms with van der Waals surface area (Å²) in [5, 5.41) is 2.70. The maximum Gasteiger partial charge on any atom is 0.328 e. The molecule has 0 fully saturated rings. The highest BCUT2D eigenvalue weighted by molar-refractivity contribution is 9.11. The molecule has 1 rings (SSSR count). The fraction of sp³-hybridized carbons (Fsp3) is 0.500. The predicted octanol–water partition coefficient (Wildman–Crippen LogP) is 2.83. The van der Waals surface area contributed by atoms with Gasteiger partial charge in [0.05, 0.1) is 15.8 Å². The molecule has 4 nitrogen and oxygen atoms in total. The minimum Gasteiger partial charge on any atom is -0.467 e. The molecule has 0 radical (unpaired) electrons. The lowest BCUT2D eigenvalue weighted by atomic mass is 10.0. The molecule has 0 spiro atoms. The van der Waals surface area contributed by atoms with E-state index >= 15 is 0 Å². The molecule has 0 saturated heterocycles. The summed E-state index contributed by atoms with van der Waals surface area (Å²) >= 11 is 4.62. The number of esters is 1. The van der Waals surface area contributed by atoms with Crippen molar-refractivity contribution in [2.45, 2.75) is 26.3 Å². The van der Waals surface area contributed by atoms with Crippen LogP contribution in [-0.4, -0.2) is 25.0 Å². The standard InChI is InChI=1S/C12H16BrNO3S/c1-7(2)6-8(12(16)17-3)14-11(15)9-4-5-10(13)18-9/h4-5,7-8H,6H2,1-3H3,(H,14,15). The van der Waals surface area contributed by atoms with Gasteiger partial charge in [-0.25, -0.2) is 4.79 Å². The second-order valence-electron chi connectivity index (χ2n) is 4.28. The highest BCUT2D eigenvalue weighted by Gasteiger charge is 2.23. The molecule has 0 aliphatic carbocycles. The van der Waals surface area contributed by atoms with Crippen LogP contribution in [-0.2, 0) is 9.53 Å². The van der Waals surface area contributed by atoms with Gasteiger partial charge in [0.25, 0.3) is 5.91 Å². The number of thiophene rings is 1. The van der Waals surface area contributed by atoms with Crippen molar-refractivity contribution in [1.29, 1.82) is 0 Å². The van der Waals surface area contributed by atoms with E-state index in [0.717, 1.165) is 3.79 Å². The Morgan fingerprint density at radius 3 is 2.56 bits per heavy atom. The van der Waals surface area contributed by atoms with Gasteiger partial charge in [-0.3, -0.25) is 4.79 Å². The van der Waals surface area contributed by atoms with E-state index in [9.17, 15) is 9.59 Å². The molecule has 1 atom stereocenters. The molecule has 1 N–H and O–H groups in total. The summed E-state index contributed by atoms with van der Waals surface area (Å²) in [6.07, 6.45) is 0.560. The van der Waals surface area contributed by atoms with Gasteiger partial charge in [-0.15, -0.1) is 11.3 Å². The van der Waals surface area contributed by atoms with Crippen molar-refractivity contribution in [3.05, 3.63) is 20.8 Å². The molecule has 100 valence electrons. The lowest BCUT2D eigenvalue weighted by Gasteiger charge is -2.17. The smallest absolute Gasteiger partial charge is 0.328 e. The van der Waals surface area contributed by atoms with Crippen molar-refractivity contribution in [2.75, 3.05) is 7.11 Å². The van der Waals surface area contributed by atoms with Gasteiger partial charge in [0.2, 0.25) is 0 Å². The van der Waals surface area contributed by atoms with Gasteiger partial charge in [0.1, 0.15) is 6.04 Å². The number of nitrogens with one attached hydrogen (secondary N) is 1. The van der Waals surface area contributed by atoms with Crippen LogP contribution in [0.5, 0.6) is 0 Å². The van der Waals surface area contributed by atoms with Crippen molar-refractivity contribution in [1.82, 2.24) is 5.32 Å². The summed E-state index contributed by atoms with van der Waals surface area (Å²) in [4.78, 5) is 24.1. The lowest BCUT2D eigenvalue weighted by Crippen LogP contribution is -2.42. The Kier molecular flexibility index (Phi) is 5.81. The first kappa shape index (κ1) is 15.2. The van der Waals surface area contributed by atoms with E-state index in [4.69, 9.17) is 4.74 Å². The number of rotatable bonds is 5. The van der Waals surface area contributed by atoms with Crippen LogP contribution in [0.15, 0.2) is 15.9 Å². The first-order valence-electron chi connectivity index (χ1n) is 5.58. The van der Waals surface area contributed by atoms with Crippen molar-refractivity contribution in [2.24, 2.45) is 5.92 Å². The summed E-state index contributed by atoms with van der Waals surface area (Å²) < 4.78 is 5.58. The van der Waals surface area contributed by atoms with E-state index < -0.39 is 12.0 Å². The molecule has 0 saturated carbocycles. The van der Waals surface area contributed by atoms with Crippen LogP contribution in [0.25, 0.3) is 0 Å². The molecule has 0 aromatic carbocycles. The Morgan fingerprint density at radius 2 is 2.11 bits per heavy atom. The molecular weight excluding hydrogens is 318 g/mol. The molecule has 1 amide bonds. The van der Waals surface area contributed by atoms with Crippen LogP contribution in [0.2, 0.25) is 0 Å². The van der Waals surface area contributed by atoms with E-state index in [-0.39, 0.29) is 5.91 Å². The quantitative estimate of drug-likeness (QED) is 0.843. The van der Waals surface area contributed by atoms with Crippen LogP contribution >= 0.6 is 27.3 Å². The normalized spacial score (nSPS) is 12.3. The first-order chi connectivity index (χ1) is 8.43. The SMILES string of the molecule is COC(=O)C(CC(C)C)NC(=O)c1ccc(Br)s1. The molecule has 1 unspecified atom stereocenters. The molecule has 1 aromatic rings. The summed E-state index contributed by atoms with van der Waals surface area (Å²) in [6.45, 7) is 3.98. The van der Waals surface area contributed by atoms with Crippen molar-refractivity contribution >= 4 is 39.1 Å². The third kappa shape index (κ3) is 4.42. The summed E-state index contributed by atoms with van der Waals surface area (Å²) in [6, 6.07) is 2.92. The van der Waals surface area contributed by atoms with Crippen molar-refractivity contribution in [3.8, 4) is 0 Å². The molecule has 6 heteroatoms. The highest BCUT2D eigenvalue weighted by atomic mass is 79.9. The summed E-state index contributed by atoms with van der Waals surface area (Å²) in [7, 11) is 1.32. The van der Waals surface area contributed by atoms with Crippen molar-refractivity contribution < 1.29 is 14.3 Å². The molecule has 0 aliphatic heterocycles. The number of hydrogen-bond donors (Lipinski definition) is 1. The minimum absolute atomic E-state index is 0.248. The maximum atomic E-state index is 11.9. The highest BCUT2D eigenvalue weighted by Crippen LogP contribution is 2.22. The molecular formula is C12H16BrNO3S. The largest absolute Gasteiger partial charge is 0.467 e. The van der Waals surface area contributed by atoms with Crippen molar-refractivity contribution in [3.63, 3.8) is 0 Å². The van der Waals surface area contributed by atoms with Gasteiger partial charge < -0.3 is 10.1 Å². The second kappa shape index (κ2) is 6.89. The van der Waals surface area contributed by atoms with Gasteiger partial charge >= 0.3 is 5.97 Å². The zero-order chi connectivity index (χ0) is 13.7. The predicted molar refractivity (Wildman–Crippen MR) is 74.7 cm³/mol. The maximum absolute atomic E-state index is 11.9. The molecule has 18 heavy (non-hydrogen) atoms. The lowest BCUT2D eigenvalue weighted by molar-refractivity contribution is -0.143. The Labute approximate surface area is 119 Å². The van der Waals surface area contributed by atoms with Gasteiger partial charge in [-0.05, 0) is 40.4 Å². The molecule has 0 bridgehead atoms. The third-order valence-electron chi connectivity index (χ3n) is 2.30. The number of hydrogen-bond acceptors (Lipinski definition) is 4. The average Bonchev–Trinajstić information content (AvgIpc) is 2.73. The Hall–Kier alpha value is -0.880. The Morgan fingerprint density at radius 1 is 1.44 bits per heavy atom. The van der Waals surface area contributed by atoms with Crippen LogP contribution in [0, 0.1) is 5.92 Å². The van der Waals surface area contributed by atoms with E-state index in [0.29, 0.717) is 17.2 Å². The average molecular weight is 334 g/mol. The minimum atomic E-state index is -0.594. The number of ether oxygens (including phenoxy) is 1. The Balaban J connectivity index is 2.71. The number of methoxy groups -OCH3 is 1. The zero-order valence-corrected chi connectivity index (χ0v) is 12.9. The third-order valence-corrected chi connectivity index (χ3v) is 3.92. The van der Waals surface area contributed by atoms with Gasteiger partial charge in [-0.1, -0.05) is 13.8 Å². The number of carbonyl (C=O) groups excluding carboxylic acids is 2. The number of carbonyl (C=O) groups is 2.